The summed E-state index contributed by atoms with van der Waals surface area (Å²) in [6.45, 7) is 6.24. The Morgan fingerprint density at radius 3 is 2.59 bits per heavy atom. The Balaban J connectivity index is 1.78. The molecule has 4 rings (SSSR count). The molecule has 1 aliphatic rings. The summed E-state index contributed by atoms with van der Waals surface area (Å²) in [6.07, 6.45) is 2.43. The van der Waals surface area contributed by atoms with Crippen molar-refractivity contribution in [1.29, 1.82) is 0 Å². The fourth-order valence-electron chi connectivity index (χ4n) is 3.27. The Morgan fingerprint density at radius 2 is 1.89 bits per heavy atom. The fraction of sp³-hybridized carbons (Fsp3) is 0.450. The summed E-state index contributed by atoms with van der Waals surface area (Å²) in [5.41, 5.74) is 1.81. The fourth-order valence-corrected chi connectivity index (χ4v) is 3.27. The third-order valence-corrected chi connectivity index (χ3v) is 4.52. The van der Waals surface area contributed by atoms with Gasteiger partial charge in [-0.05, 0) is 18.1 Å². The van der Waals surface area contributed by atoms with E-state index in [0.717, 1.165) is 34.8 Å². The third kappa shape index (κ3) is 3.79. The predicted molar refractivity (Wildman–Crippen MR) is 104 cm³/mol. The quantitative estimate of drug-likeness (QED) is 0.667. The highest BCUT2D eigenvalue weighted by Gasteiger charge is 2.22. The zero-order chi connectivity index (χ0) is 18.8. The predicted octanol–water partition coefficient (Wildman–Crippen LogP) is 2.82. The lowest BCUT2D eigenvalue weighted by Gasteiger charge is -2.22. The van der Waals surface area contributed by atoms with E-state index in [9.17, 15) is 0 Å². The molecule has 0 amide bonds. The van der Waals surface area contributed by atoms with Gasteiger partial charge in [-0.15, -0.1) is 0 Å². The molecule has 1 fully saturated rings. The first-order valence-electron chi connectivity index (χ1n) is 9.36. The highest BCUT2D eigenvalue weighted by molar-refractivity contribution is 5.87. The summed E-state index contributed by atoms with van der Waals surface area (Å²) >= 11 is 0. The number of likely N-dealkylation sites (N-methyl/N-ethyl adjacent to an activating group) is 1. The van der Waals surface area contributed by atoms with Crippen LogP contribution < -0.4 is 4.90 Å². The average Bonchev–Trinajstić information content (AvgIpc) is 3.31. The maximum absolute atomic E-state index is 5.60. The number of hydrogen-bond acceptors (Lipinski definition) is 6. The molecule has 3 heterocycles. The Labute approximate surface area is 158 Å². The van der Waals surface area contributed by atoms with Gasteiger partial charge in [-0.25, -0.2) is 14.6 Å². The van der Waals surface area contributed by atoms with Crippen LogP contribution in [0.5, 0.6) is 0 Å². The van der Waals surface area contributed by atoms with Gasteiger partial charge in [-0.1, -0.05) is 32.0 Å². The lowest BCUT2D eigenvalue weighted by molar-refractivity contribution is -0.0336. The molecule has 0 aliphatic carbocycles. The molecule has 27 heavy (non-hydrogen) atoms. The molecular formula is C20H25N5O2. The summed E-state index contributed by atoms with van der Waals surface area (Å²) in [4.78, 5) is 11.7. The third-order valence-electron chi connectivity index (χ3n) is 4.52. The van der Waals surface area contributed by atoms with Gasteiger partial charge in [0.05, 0.1) is 37.0 Å². The Kier molecular flexibility index (Phi) is 5.05. The molecule has 3 aromatic rings. The molecule has 0 atom stereocenters. The van der Waals surface area contributed by atoms with Gasteiger partial charge in [-0.2, -0.15) is 5.10 Å². The van der Waals surface area contributed by atoms with Crippen LogP contribution in [0.3, 0.4) is 0 Å². The molecule has 0 bridgehead atoms. The summed E-state index contributed by atoms with van der Waals surface area (Å²) < 4.78 is 13.1. The van der Waals surface area contributed by atoms with E-state index in [4.69, 9.17) is 19.4 Å². The lowest BCUT2D eigenvalue weighted by atomic mass is 10.1. The van der Waals surface area contributed by atoms with Crippen molar-refractivity contribution >= 4 is 16.9 Å². The maximum Gasteiger partial charge on any atom is 0.175 e. The van der Waals surface area contributed by atoms with Crippen molar-refractivity contribution in [2.45, 2.75) is 26.6 Å². The van der Waals surface area contributed by atoms with Crippen LogP contribution in [0.1, 0.15) is 19.7 Å². The molecule has 0 saturated carbocycles. The molecular weight excluding hydrogens is 342 g/mol. The topological polar surface area (TPSA) is 65.3 Å². The van der Waals surface area contributed by atoms with Crippen LogP contribution in [0.2, 0.25) is 0 Å². The minimum atomic E-state index is -0.224. The van der Waals surface area contributed by atoms with Gasteiger partial charge in [-0.3, -0.25) is 0 Å². The zero-order valence-electron chi connectivity index (χ0n) is 16.0. The molecule has 0 N–H and O–H groups in total. The second-order valence-corrected chi connectivity index (χ2v) is 7.24. The Bertz CT molecular complexity index is 903. The van der Waals surface area contributed by atoms with Crippen LogP contribution in [0.15, 0.2) is 36.5 Å². The monoisotopic (exact) mass is 367 g/mol. The molecule has 142 valence electrons. The number of anilines is 1. The highest BCUT2D eigenvalue weighted by Crippen LogP contribution is 2.26. The largest absolute Gasteiger partial charge is 0.354 e. The van der Waals surface area contributed by atoms with Crippen LogP contribution in [-0.2, 0) is 15.9 Å². The Morgan fingerprint density at radius 1 is 1.15 bits per heavy atom. The molecule has 1 aromatic carbocycles. The van der Waals surface area contributed by atoms with Gasteiger partial charge in [0.2, 0.25) is 0 Å². The van der Waals surface area contributed by atoms with Gasteiger partial charge in [0.15, 0.2) is 11.9 Å². The molecule has 1 aliphatic heterocycles. The van der Waals surface area contributed by atoms with Crippen LogP contribution in [0.4, 0.5) is 5.82 Å². The van der Waals surface area contributed by atoms with Crippen molar-refractivity contribution in [2.75, 3.05) is 31.7 Å². The van der Waals surface area contributed by atoms with Crippen molar-refractivity contribution < 1.29 is 9.47 Å². The summed E-state index contributed by atoms with van der Waals surface area (Å²) in [5.74, 6) is 2.15. The van der Waals surface area contributed by atoms with E-state index in [-0.39, 0.29) is 6.29 Å². The molecule has 2 aromatic heterocycles. The normalized spacial score (nSPS) is 15.1. The van der Waals surface area contributed by atoms with Crippen LogP contribution >= 0.6 is 0 Å². The molecule has 7 nitrogen and oxygen atoms in total. The van der Waals surface area contributed by atoms with Gasteiger partial charge in [0.1, 0.15) is 11.6 Å². The first-order valence-corrected chi connectivity index (χ1v) is 9.36. The van der Waals surface area contributed by atoms with Crippen molar-refractivity contribution in [2.24, 2.45) is 5.92 Å². The van der Waals surface area contributed by atoms with Gasteiger partial charge < -0.3 is 14.4 Å². The molecule has 0 radical (unpaired) electrons. The standard InChI is InChI=1S/C20H25N5O2/c1-14(2)11-17-22-19(24(3)13-18-26-9-10-27-18)16-12-21-25(20(16)23-17)15-7-5-4-6-8-15/h4-8,12,14,18H,9-11,13H2,1-3H3. The highest BCUT2D eigenvalue weighted by atomic mass is 16.7. The number of rotatable bonds is 6. The number of para-hydroxylation sites is 1. The molecule has 7 heteroatoms. The van der Waals surface area contributed by atoms with Crippen LogP contribution in [0.25, 0.3) is 16.7 Å². The summed E-state index contributed by atoms with van der Waals surface area (Å²) in [7, 11) is 2.01. The maximum atomic E-state index is 5.60. The number of aromatic nitrogens is 4. The van der Waals surface area contributed by atoms with Gasteiger partial charge in [0, 0.05) is 13.5 Å². The van der Waals surface area contributed by atoms with Gasteiger partial charge in [0.25, 0.3) is 0 Å². The molecule has 0 unspecified atom stereocenters. The van der Waals surface area contributed by atoms with E-state index < -0.39 is 0 Å². The summed E-state index contributed by atoms with van der Waals surface area (Å²) in [5, 5.41) is 5.51. The SMILES string of the molecule is CC(C)Cc1nc(N(C)CC2OCCO2)c2cnn(-c3ccccc3)c2n1. The molecule has 1 saturated heterocycles. The molecule has 0 spiro atoms. The summed E-state index contributed by atoms with van der Waals surface area (Å²) in [6, 6.07) is 10.1. The average molecular weight is 367 g/mol. The van der Waals surface area contributed by atoms with E-state index in [1.54, 1.807) is 0 Å². The van der Waals surface area contributed by atoms with Crippen molar-refractivity contribution in [1.82, 2.24) is 19.7 Å². The smallest absolute Gasteiger partial charge is 0.175 e. The Hall–Kier alpha value is -2.51. The number of ether oxygens (including phenoxy) is 2. The first kappa shape index (κ1) is 17.9. The minimum absolute atomic E-state index is 0.224. The van der Waals surface area contributed by atoms with Gasteiger partial charge >= 0.3 is 0 Å². The second kappa shape index (κ2) is 7.62. The number of nitrogens with zero attached hydrogens (tertiary/aromatic N) is 5. The first-order chi connectivity index (χ1) is 13.1. The van der Waals surface area contributed by atoms with Crippen molar-refractivity contribution in [3.8, 4) is 5.69 Å². The second-order valence-electron chi connectivity index (χ2n) is 7.24. The van der Waals surface area contributed by atoms with E-state index in [0.29, 0.717) is 25.7 Å². The number of benzene rings is 1. The van der Waals surface area contributed by atoms with E-state index in [1.165, 1.54) is 0 Å². The van der Waals surface area contributed by atoms with Crippen molar-refractivity contribution in [3.05, 3.63) is 42.4 Å². The lowest BCUT2D eigenvalue weighted by Crippen LogP contribution is -2.30. The van der Waals surface area contributed by atoms with Crippen LogP contribution in [-0.4, -0.2) is 52.8 Å². The van der Waals surface area contributed by atoms with E-state index in [1.807, 2.05) is 48.3 Å². The zero-order valence-corrected chi connectivity index (χ0v) is 16.0. The minimum Gasteiger partial charge on any atom is -0.354 e. The van der Waals surface area contributed by atoms with Crippen molar-refractivity contribution in [3.63, 3.8) is 0 Å². The van der Waals surface area contributed by atoms with E-state index >= 15 is 0 Å². The number of hydrogen-bond donors (Lipinski definition) is 0. The number of fused-ring (bicyclic) bond motifs is 1. The van der Waals surface area contributed by atoms with Crippen LogP contribution in [0, 0.1) is 5.92 Å². The van der Waals surface area contributed by atoms with E-state index in [2.05, 4.69) is 23.8 Å².